The highest BCUT2D eigenvalue weighted by Crippen LogP contribution is 2.26. The van der Waals surface area contributed by atoms with Gasteiger partial charge in [-0.3, -0.25) is 4.79 Å². The summed E-state index contributed by atoms with van der Waals surface area (Å²) in [6.45, 7) is 4.99. The molecule has 4 rings (SSSR count). The summed E-state index contributed by atoms with van der Waals surface area (Å²) >= 11 is 0. The molecule has 0 saturated carbocycles. The van der Waals surface area contributed by atoms with Crippen LogP contribution in [-0.2, 0) is 9.53 Å². The molecule has 2 heterocycles. The molecule has 2 aliphatic rings. The minimum Gasteiger partial charge on any atom is -0.545 e. The van der Waals surface area contributed by atoms with Crippen LogP contribution in [-0.4, -0.2) is 43.9 Å². The van der Waals surface area contributed by atoms with Crippen LogP contribution in [0.3, 0.4) is 0 Å². The summed E-state index contributed by atoms with van der Waals surface area (Å²) in [6, 6.07) is 13.9. The fourth-order valence-electron chi connectivity index (χ4n) is 3.37. The third-order valence-corrected chi connectivity index (χ3v) is 4.99. The number of hydrogen-bond donors (Lipinski definition) is 0. The lowest BCUT2D eigenvalue weighted by atomic mass is 10.1. The zero-order chi connectivity index (χ0) is 20.4. The van der Waals surface area contributed by atoms with Gasteiger partial charge in [0.2, 0.25) is 0 Å². The maximum Gasteiger partial charge on any atom is 0.280 e. The lowest BCUT2D eigenvalue weighted by molar-refractivity contribution is -0.255. The zero-order valence-corrected chi connectivity index (χ0v) is 16.0. The first-order chi connectivity index (χ1) is 14.0. The molecule has 1 saturated heterocycles. The minimum atomic E-state index is -1.26. The molecule has 2 aromatic rings. The third kappa shape index (κ3) is 3.90. The maximum atomic E-state index is 12.8. The van der Waals surface area contributed by atoms with Gasteiger partial charge < -0.3 is 19.5 Å². The van der Waals surface area contributed by atoms with Gasteiger partial charge in [0.15, 0.2) is 0 Å². The van der Waals surface area contributed by atoms with Crippen molar-refractivity contribution in [3.63, 3.8) is 0 Å². The number of morpholine rings is 1. The summed E-state index contributed by atoms with van der Waals surface area (Å²) in [6.07, 6.45) is 1.82. The predicted octanol–water partition coefficient (Wildman–Crippen LogP) is 1.69. The van der Waals surface area contributed by atoms with Crippen LogP contribution in [0.2, 0.25) is 0 Å². The molecule has 2 aliphatic heterocycles. The van der Waals surface area contributed by atoms with Gasteiger partial charge in [0.25, 0.3) is 5.91 Å². The van der Waals surface area contributed by atoms with Gasteiger partial charge >= 0.3 is 0 Å². The Morgan fingerprint density at radius 2 is 1.66 bits per heavy atom. The molecular formula is C22H20N3O4-. The molecule has 0 unspecified atom stereocenters. The average molecular weight is 390 g/mol. The van der Waals surface area contributed by atoms with Crippen LogP contribution in [0.5, 0.6) is 0 Å². The van der Waals surface area contributed by atoms with E-state index in [0.717, 1.165) is 37.6 Å². The SMILES string of the molecule is CC1=NN(c2ccc(C(=O)[O-])cc2)C(=O)/C1=C\c1ccc(N2CCOCC2)cc1. The van der Waals surface area contributed by atoms with Crippen molar-refractivity contribution in [2.24, 2.45) is 5.10 Å². The highest BCUT2D eigenvalue weighted by Gasteiger charge is 2.28. The summed E-state index contributed by atoms with van der Waals surface area (Å²) in [5, 5.41) is 16.5. The van der Waals surface area contributed by atoms with E-state index >= 15 is 0 Å². The number of anilines is 2. The van der Waals surface area contributed by atoms with E-state index in [1.54, 1.807) is 19.1 Å². The van der Waals surface area contributed by atoms with Crippen LogP contribution in [0.25, 0.3) is 6.08 Å². The van der Waals surface area contributed by atoms with E-state index in [0.29, 0.717) is 17.0 Å². The van der Waals surface area contributed by atoms with Crippen molar-refractivity contribution in [2.75, 3.05) is 36.2 Å². The van der Waals surface area contributed by atoms with Crippen molar-refractivity contribution >= 4 is 35.0 Å². The van der Waals surface area contributed by atoms with E-state index < -0.39 is 5.97 Å². The number of carbonyl (C=O) groups excluding carboxylic acids is 2. The number of benzene rings is 2. The lowest BCUT2D eigenvalue weighted by Gasteiger charge is -2.28. The number of rotatable bonds is 4. The Labute approximate surface area is 168 Å². The highest BCUT2D eigenvalue weighted by molar-refractivity contribution is 6.32. The number of carboxylic acids is 1. The van der Waals surface area contributed by atoms with Crippen LogP contribution >= 0.6 is 0 Å². The molecule has 7 heteroatoms. The zero-order valence-electron chi connectivity index (χ0n) is 16.0. The van der Waals surface area contributed by atoms with E-state index in [2.05, 4.69) is 10.0 Å². The molecule has 148 valence electrons. The van der Waals surface area contributed by atoms with Gasteiger partial charge in [0, 0.05) is 18.8 Å². The lowest BCUT2D eigenvalue weighted by Crippen LogP contribution is -2.36. The molecule has 0 aliphatic carbocycles. The van der Waals surface area contributed by atoms with Crippen LogP contribution in [0.15, 0.2) is 59.2 Å². The Morgan fingerprint density at radius 3 is 2.28 bits per heavy atom. The topological polar surface area (TPSA) is 85.3 Å². The molecule has 1 fully saturated rings. The molecule has 7 nitrogen and oxygen atoms in total. The number of aromatic carboxylic acids is 1. The summed E-state index contributed by atoms with van der Waals surface area (Å²) in [7, 11) is 0. The molecule has 0 atom stereocenters. The smallest absolute Gasteiger partial charge is 0.280 e. The molecule has 1 amide bonds. The molecule has 0 radical (unpaired) electrons. The molecule has 0 bridgehead atoms. The second-order valence-electron chi connectivity index (χ2n) is 6.89. The second-order valence-corrected chi connectivity index (χ2v) is 6.89. The molecule has 0 spiro atoms. The number of hydrazone groups is 1. The largest absolute Gasteiger partial charge is 0.545 e. The van der Waals surface area contributed by atoms with Crippen LogP contribution in [0.4, 0.5) is 11.4 Å². The Balaban J connectivity index is 1.53. The second kappa shape index (κ2) is 7.89. The maximum absolute atomic E-state index is 12.8. The van der Waals surface area contributed by atoms with Gasteiger partial charge in [-0.1, -0.05) is 24.3 Å². The van der Waals surface area contributed by atoms with Crippen LogP contribution < -0.4 is 15.0 Å². The molecule has 2 aromatic carbocycles. The number of hydrogen-bond acceptors (Lipinski definition) is 6. The van der Waals surface area contributed by atoms with Gasteiger partial charge in [0.1, 0.15) is 0 Å². The minimum absolute atomic E-state index is 0.0530. The van der Waals surface area contributed by atoms with Gasteiger partial charge in [-0.15, -0.1) is 0 Å². The van der Waals surface area contributed by atoms with Crippen molar-refractivity contribution in [1.82, 2.24) is 0 Å². The van der Waals surface area contributed by atoms with Crippen molar-refractivity contribution in [1.29, 1.82) is 0 Å². The number of carbonyl (C=O) groups is 2. The van der Waals surface area contributed by atoms with Crippen molar-refractivity contribution in [2.45, 2.75) is 6.92 Å². The van der Waals surface area contributed by atoms with Crippen LogP contribution in [0, 0.1) is 0 Å². The summed E-state index contributed by atoms with van der Waals surface area (Å²) in [4.78, 5) is 26.0. The van der Waals surface area contributed by atoms with Crippen LogP contribution in [0.1, 0.15) is 22.8 Å². The summed E-state index contributed by atoms with van der Waals surface area (Å²) < 4.78 is 5.38. The molecule has 29 heavy (non-hydrogen) atoms. The Hall–Kier alpha value is -3.45. The van der Waals surface area contributed by atoms with Gasteiger partial charge in [-0.2, -0.15) is 10.1 Å². The normalized spacial score (nSPS) is 18.3. The number of amides is 1. The van der Waals surface area contributed by atoms with Gasteiger partial charge in [-0.25, -0.2) is 0 Å². The monoisotopic (exact) mass is 390 g/mol. The quantitative estimate of drug-likeness (QED) is 0.742. The molecule has 0 N–H and O–H groups in total. The van der Waals surface area contributed by atoms with E-state index in [-0.39, 0.29) is 11.5 Å². The standard InChI is InChI=1S/C22H21N3O4/c1-15-20(14-16-2-6-18(7-3-16)24-10-12-29-13-11-24)21(26)25(23-15)19-8-4-17(5-9-19)22(27)28/h2-9,14H,10-13H2,1H3,(H,27,28)/p-1/b20-14-. The van der Waals surface area contributed by atoms with E-state index in [9.17, 15) is 14.7 Å². The van der Waals surface area contributed by atoms with E-state index in [1.807, 2.05) is 30.3 Å². The van der Waals surface area contributed by atoms with Crippen molar-refractivity contribution < 1.29 is 19.4 Å². The first kappa shape index (κ1) is 18.9. The Morgan fingerprint density at radius 1 is 1.03 bits per heavy atom. The van der Waals surface area contributed by atoms with Crippen molar-refractivity contribution in [3.05, 3.63) is 65.2 Å². The first-order valence-electron chi connectivity index (χ1n) is 9.39. The highest BCUT2D eigenvalue weighted by atomic mass is 16.5. The summed E-state index contributed by atoms with van der Waals surface area (Å²) in [5.74, 6) is -1.51. The number of carboxylic acid groups (broad SMARTS) is 1. The fourth-order valence-corrected chi connectivity index (χ4v) is 3.37. The number of ether oxygens (including phenoxy) is 1. The first-order valence-corrected chi connectivity index (χ1v) is 9.39. The van der Waals surface area contributed by atoms with E-state index in [4.69, 9.17) is 4.74 Å². The number of nitrogens with zero attached hydrogens (tertiary/aromatic N) is 3. The summed E-state index contributed by atoms with van der Waals surface area (Å²) in [5.41, 5.74) is 3.72. The molecule has 0 aromatic heterocycles. The fraction of sp³-hybridized carbons (Fsp3) is 0.227. The van der Waals surface area contributed by atoms with Gasteiger partial charge in [-0.05, 0) is 48.4 Å². The van der Waals surface area contributed by atoms with E-state index in [1.165, 1.54) is 17.1 Å². The Bertz CT molecular complexity index is 988. The van der Waals surface area contributed by atoms with Crippen molar-refractivity contribution in [3.8, 4) is 0 Å². The average Bonchev–Trinajstić information content (AvgIpc) is 3.03. The molecular weight excluding hydrogens is 370 g/mol. The Kier molecular flexibility index (Phi) is 5.14. The third-order valence-electron chi connectivity index (χ3n) is 4.99. The predicted molar refractivity (Wildman–Crippen MR) is 109 cm³/mol. The van der Waals surface area contributed by atoms with Gasteiger partial charge in [0.05, 0.1) is 36.2 Å².